The van der Waals surface area contributed by atoms with Crippen molar-refractivity contribution >= 4 is 18.0 Å². The molecule has 0 atom stereocenters. The highest BCUT2D eigenvalue weighted by Gasteiger charge is 2.18. The Morgan fingerprint density at radius 3 is 2.69 bits per heavy atom. The van der Waals surface area contributed by atoms with Gasteiger partial charge in [-0.2, -0.15) is 5.10 Å². The number of anilines is 1. The second-order valence-electron chi connectivity index (χ2n) is 3.54. The van der Waals surface area contributed by atoms with E-state index < -0.39 is 5.91 Å². The number of hydrogen-bond donors (Lipinski definition) is 1. The minimum Gasteiger partial charge on any atom is -0.368 e. The number of amides is 1. The Morgan fingerprint density at radius 2 is 2.25 bits per heavy atom. The zero-order valence-corrected chi connectivity index (χ0v) is 9.73. The van der Waals surface area contributed by atoms with Gasteiger partial charge in [-0.15, -0.1) is 0 Å². The summed E-state index contributed by atoms with van der Waals surface area (Å²) in [5.74, 6) is 0.200. The van der Waals surface area contributed by atoms with Crippen molar-refractivity contribution in [3.8, 4) is 0 Å². The number of carbonyl (C=O) groups is 2. The van der Waals surface area contributed by atoms with Crippen molar-refractivity contribution in [1.29, 1.82) is 0 Å². The molecule has 16 heavy (non-hydrogen) atoms. The molecule has 1 aromatic rings. The van der Waals surface area contributed by atoms with Gasteiger partial charge in [0.05, 0.1) is 17.8 Å². The molecule has 0 saturated heterocycles. The molecular weight excluding hydrogens is 208 g/mol. The number of aromatic nitrogens is 2. The molecule has 0 fully saturated rings. The lowest BCUT2D eigenvalue weighted by Gasteiger charge is -2.21. The predicted octanol–water partition coefficient (Wildman–Crippen LogP) is -0.147. The van der Waals surface area contributed by atoms with Gasteiger partial charge in [0.25, 0.3) is 0 Å². The van der Waals surface area contributed by atoms with Crippen molar-refractivity contribution < 1.29 is 9.59 Å². The van der Waals surface area contributed by atoms with Crippen molar-refractivity contribution in [2.45, 2.75) is 13.8 Å². The van der Waals surface area contributed by atoms with E-state index in [1.165, 1.54) is 0 Å². The highest BCUT2D eigenvalue weighted by Crippen LogP contribution is 2.20. The number of nitrogens with zero attached hydrogens (tertiary/aromatic N) is 3. The van der Waals surface area contributed by atoms with Gasteiger partial charge in [-0.1, -0.05) is 0 Å². The highest BCUT2D eigenvalue weighted by molar-refractivity contribution is 5.87. The third-order valence-electron chi connectivity index (χ3n) is 2.38. The van der Waals surface area contributed by atoms with Crippen LogP contribution in [0.2, 0.25) is 0 Å². The van der Waals surface area contributed by atoms with Crippen LogP contribution in [-0.4, -0.2) is 35.1 Å². The van der Waals surface area contributed by atoms with E-state index in [1.807, 2.05) is 6.92 Å². The fraction of sp³-hybridized carbons (Fsp3) is 0.500. The van der Waals surface area contributed by atoms with Gasteiger partial charge in [-0.05, 0) is 13.8 Å². The number of aryl methyl sites for hydroxylation is 2. The topological polar surface area (TPSA) is 81.2 Å². The second-order valence-corrected chi connectivity index (χ2v) is 3.54. The van der Waals surface area contributed by atoms with Crippen molar-refractivity contribution in [3.05, 3.63) is 11.3 Å². The van der Waals surface area contributed by atoms with Gasteiger partial charge < -0.3 is 10.6 Å². The van der Waals surface area contributed by atoms with E-state index in [-0.39, 0.29) is 6.54 Å². The van der Waals surface area contributed by atoms with Gasteiger partial charge in [0.1, 0.15) is 5.82 Å². The number of aldehydes is 1. The molecule has 2 N–H and O–H groups in total. The molecule has 0 aromatic carbocycles. The van der Waals surface area contributed by atoms with Crippen LogP contribution >= 0.6 is 0 Å². The summed E-state index contributed by atoms with van der Waals surface area (Å²) in [7, 11) is 1.74. The first-order chi connectivity index (χ1) is 7.51. The maximum atomic E-state index is 11.0. The summed E-state index contributed by atoms with van der Waals surface area (Å²) in [6.45, 7) is 4.31. The second kappa shape index (κ2) is 4.78. The summed E-state index contributed by atoms with van der Waals surface area (Å²) in [6.07, 6.45) is 0.751. The summed E-state index contributed by atoms with van der Waals surface area (Å²) >= 11 is 0. The van der Waals surface area contributed by atoms with Crippen LogP contribution in [0.4, 0.5) is 5.82 Å². The third-order valence-corrected chi connectivity index (χ3v) is 2.38. The normalized spacial score (nSPS) is 10.2. The zero-order valence-electron chi connectivity index (χ0n) is 9.73. The van der Waals surface area contributed by atoms with Crippen LogP contribution in [0, 0.1) is 6.92 Å². The average Bonchev–Trinajstić information content (AvgIpc) is 2.49. The molecule has 0 radical (unpaired) electrons. The smallest absolute Gasteiger partial charge is 0.236 e. The number of rotatable bonds is 5. The van der Waals surface area contributed by atoms with Gasteiger partial charge in [-0.25, -0.2) is 0 Å². The summed E-state index contributed by atoms with van der Waals surface area (Å²) < 4.78 is 1.59. The van der Waals surface area contributed by atoms with Crippen LogP contribution in [-0.2, 0) is 11.8 Å². The van der Waals surface area contributed by atoms with Crippen LogP contribution in [0.25, 0.3) is 0 Å². The lowest BCUT2D eigenvalue weighted by Crippen LogP contribution is -2.35. The number of likely N-dealkylation sites (N-methyl/N-ethyl adjacent to an activating group) is 1. The van der Waals surface area contributed by atoms with Gasteiger partial charge in [-0.3, -0.25) is 14.3 Å². The standard InChI is InChI=1S/C10H16N4O2/c1-4-14(5-9(11)16)10-8(6-15)7(2)12-13(10)3/h6H,4-5H2,1-3H3,(H2,11,16). The average molecular weight is 224 g/mol. The highest BCUT2D eigenvalue weighted by atomic mass is 16.1. The molecule has 0 aliphatic heterocycles. The maximum Gasteiger partial charge on any atom is 0.236 e. The van der Waals surface area contributed by atoms with Crippen molar-refractivity contribution in [2.24, 2.45) is 12.8 Å². The Hall–Kier alpha value is -1.85. The lowest BCUT2D eigenvalue weighted by atomic mass is 10.2. The van der Waals surface area contributed by atoms with E-state index in [2.05, 4.69) is 5.10 Å². The Bertz CT molecular complexity index is 411. The van der Waals surface area contributed by atoms with E-state index in [9.17, 15) is 9.59 Å². The monoisotopic (exact) mass is 224 g/mol. The minimum absolute atomic E-state index is 0.0797. The van der Waals surface area contributed by atoms with Crippen LogP contribution in [0.3, 0.4) is 0 Å². The Kier molecular flexibility index (Phi) is 3.65. The number of nitrogens with two attached hydrogens (primary N) is 1. The molecule has 1 heterocycles. The molecule has 0 unspecified atom stereocenters. The summed E-state index contributed by atoms with van der Waals surface area (Å²) in [5, 5.41) is 4.15. The molecule has 88 valence electrons. The molecule has 0 aliphatic carbocycles. The van der Waals surface area contributed by atoms with E-state index in [4.69, 9.17) is 5.73 Å². The first-order valence-electron chi connectivity index (χ1n) is 5.03. The van der Waals surface area contributed by atoms with Crippen LogP contribution in [0.1, 0.15) is 23.0 Å². The van der Waals surface area contributed by atoms with E-state index >= 15 is 0 Å². The molecular formula is C10H16N4O2. The molecule has 1 rings (SSSR count). The molecule has 1 aromatic heterocycles. The van der Waals surface area contributed by atoms with Crippen LogP contribution < -0.4 is 10.6 Å². The van der Waals surface area contributed by atoms with Crippen molar-refractivity contribution in [3.63, 3.8) is 0 Å². The van der Waals surface area contributed by atoms with E-state index in [0.717, 1.165) is 6.29 Å². The molecule has 1 amide bonds. The van der Waals surface area contributed by atoms with E-state index in [0.29, 0.717) is 23.6 Å². The molecule has 0 aliphatic rings. The number of hydrogen-bond acceptors (Lipinski definition) is 4. The van der Waals surface area contributed by atoms with Crippen LogP contribution in [0.5, 0.6) is 0 Å². The van der Waals surface area contributed by atoms with Crippen molar-refractivity contribution in [1.82, 2.24) is 9.78 Å². The van der Waals surface area contributed by atoms with Gasteiger partial charge in [0.15, 0.2) is 6.29 Å². The SMILES string of the molecule is CCN(CC(N)=O)c1c(C=O)c(C)nn1C. The molecule has 6 heteroatoms. The zero-order chi connectivity index (χ0) is 12.3. The quantitative estimate of drug-likeness (QED) is 0.705. The third kappa shape index (κ3) is 2.21. The van der Waals surface area contributed by atoms with Crippen LogP contribution in [0.15, 0.2) is 0 Å². The van der Waals surface area contributed by atoms with Gasteiger partial charge in [0, 0.05) is 13.6 Å². The maximum absolute atomic E-state index is 11.0. The van der Waals surface area contributed by atoms with Crippen molar-refractivity contribution in [2.75, 3.05) is 18.0 Å². The van der Waals surface area contributed by atoms with Gasteiger partial charge >= 0.3 is 0 Å². The Balaban J connectivity index is 3.17. The fourth-order valence-corrected chi connectivity index (χ4v) is 1.70. The Labute approximate surface area is 94.0 Å². The summed E-state index contributed by atoms with van der Waals surface area (Å²) in [5.41, 5.74) is 6.31. The summed E-state index contributed by atoms with van der Waals surface area (Å²) in [4.78, 5) is 23.6. The molecule has 0 bridgehead atoms. The first kappa shape index (κ1) is 12.2. The van der Waals surface area contributed by atoms with Gasteiger partial charge in [0.2, 0.25) is 5.91 Å². The lowest BCUT2D eigenvalue weighted by molar-refractivity contribution is -0.116. The first-order valence-corrected chi connectivity index (χ1v) is 5.03. The predicted molar refractivity (Wildman–Crippen MR) is 60.4 cm³/mol. The fourth-order valence-electron chi connectivity index (χ4n) is 1.70. The largest absolute Gasteiger partial charge is 0.368 e. The van der Waals surface area contributed by atoms with E-state index in [1.54, 1.807) is 23.6 Å². The number of primary amides is 1. The molecule has 6 nitrogen and oxygen atoms in total. The Morgan fingerprint density at radius 1 is 1.62 bits per heavy atom. The minimum atomic E-state index is -0.433. The number of carbonyl (C=O) groups excluding carboxylic acids is 2. The molecule has 0 saturated carbocycles. The summed E-state index contributed by atoms with van der Waals surface area (Å²) in [6, 6.07) is 0. The molecule has 0 spiro atoms.